The van der Waals surface area contributed by atoms with Crippen molar-refractivity contribution in [3.63, 3.8) is 0 Å². The van der Waals surface area contributed by atoms with E-state index in [-0.39, 0.29) is 24.8 Å². The van der Waals surface area contributed by atoms with Crippen LogP contribution < -0.4 is 16.0 Å². The van der Waals surface area contributed by atoms with Crippen LogP contribution in [-0.4, -0.2) is 53.7 Å². The normalized spacial score (nSPS) is 26.1. The first kappa shape index (κ1) is 17.7. The third-order valence-corrected chi connectivity index (χ3v) is 5.56. The fourth-order valence-electron chi connectivity index (χ4n) is 4.12. The first-order valence-electron chi connectivity index (χ1n) is 9.32. The second kappa shape index (κ2) is 6.77. The van der Waals surface area contributed by atoms with Crippen LogP contribution in [-0.2, 0) is 9.59 Å². The van der Waals surface area contributed by atoms with Crippen LogP contribution in [0.5, 0.6) is 0 Å². The van der Waals surface area contributed by atoms with Crippen molar-refractivity contribution >= 4 is 29.3 Å². The van der Waals surface area contributed by atoms with Crippen molar-refractivity contribution in [1.82, 2.24) is 10.2 Å². The second-order valence-electron chi connectivity index (χ2n) is 7.32. The van der Waals surface area contributed by atoms with Gasteiger partial charge in [-0.05, 0) is 37.8 Å². The highest BCUT2D eigenvalue weighted by molar-refractivity contribution is 6.25. The van der Waals surface area contributed by atoms with Crippen LogP contribution in [0.1, 0.15) is 52.8 Å². The number of anilines is 1. The van der Waals surface area contributed by atoms with Gasteiger partial charge in [0, 0.05) is 25.6 Å². The fraction of sp³-hybridized carbons (Fsp3) is 0.474. The van der Waals surface area contributed by atoms with Crippen LogP contribution in [0.25, 0.3) is 0 Å². The Balaban J connectivity index is 1.67. The molecule has 8 nitrogen and oxygen atoms in total. The van der Waals surface area contributed by atoms with Crippen LogP contribution >= 0.6 is 0 Å². The number of piperidine rings is 1. The number of carbonyl (C=O) groups is 4. The van der Waals surface area contributed by atoms with Crippen LogP contribution in [0.2, 0.25) is 0 Å². The van der Waals surface area contributed by atoms with Crippen LogP contribution in [0.15, 0.2) is 18.2 Å². The number of rotatable bonds is 2. The summed E-state index contributed by atoms with van der Waals surface area (Å²) >= 11 is 0. The molecule has 3 aliphatic heterocycles. The molecule has 2 saturated heterocycles. The SMILES string of the molecule is NC1CCCN(c2cccc3c2C(=O)N(C2CCC(=O)NC2=O)C3=O)CC1. The molecular weight excluding hydrogens is 348 g/mol. The zero-order valence-corrected chi connectivity index (χ0v) is 14.9. The Morgan fingerprint density at radius 3 is 2.59 bits per heavy atom. The van der Waals surface area contributed by atoms with Gasteiger partial charge in [0.2, 0.25) is 11.8 Å². The molecule has 2 unspecified atom stereocenters. The molecule has 2 atom stereocenters. The Labute approximate surface area is 156 Å². The number of hydrogen-bond acceptors (Lipinski definition) is 6. The Bertz CT molecular complexity index is 837. The number of benzene rings is 1. The number of nitrogens with zero attached hydrogens (tertiary/aromatic N) is 2. The van der Waals surface area contributed by atoms with E-state index in [2.05, 4.69) is 10.2 Å². The highest BCUT2D eigenvalue weighted by Gasteiger charge is 2.46. The Hall–Kier alpha value is -2.74. The van der Waals surface area contributed by atoms with Crippen molar-refractivity contribution in [2.45, 2.75) is 44.2 Å². The quantitative estimate of drug-likeness (QED) is 0.729. The number of fused-ring (bicyclic) bond motifs is 1. The first-order valence-corrected chi connectivity index (χ1v) is 9.32. The topological polar surface area (TPSA) is 113 Å². The van der Waals surface area contributed by atoms with E-state index in [9.17, 15) is 19.2 Å². The summed E-state index contributed by atoms with van der Waals surface area (Å²) < 4.78 is 0. The summed E-state index contributed by atoms with van der Waals surface area (Å²) in [5, 5.41) is 2.22. The number of amides is 4. The molecule has 4 rings (SSSR count). The van der Waals surface area contributed by atoms with E-state index in [1.807, 2.05) is 6.07 Å². The predicted octanol–water partition coefficient (Wildman–Crippen LogP) is 0.405. The lowest BCUT2D eigenvalue weighted by molar-refractivity contribution is -0.136. The zero-order chi connectivity index (χ0) is 19.1. The molecule has 0 radical (unpaired) electrons. The van der Waals surface area contributed by atoms with E-state index in [0.29, 0.717) is 11.1 Å². The lowest BCUT2D eigenvalue weighted by atomic mass is 10.0. The summed E-state index contributed by atoms with van der Waals surface area (Å²) in [5.74, 6) is -1.91. The number of carbonyl (C=O) groups excluding carboxylic acids is 4. The van der Waals surface area contributed by atoms with Crippen LogP contribution in [0, 0.1) is 0 Å². The Kier molecular flexibility index (Phi) is 4.43. The van der Waals surface area contributed by atoms with E-state index in [0.717, 1.165) is 42.9 Å². The van der Waals surface area contributed by atoms with Gasteiger partial charge in [-0.3, -0.25) is 29.4 Å². The maximum atomic E-state index is 13.1. The minimum Gasteiger partial charge on any atom is -0.371 e. The molecule has 4 amide bonds. The van der Waals surface area contributed by atoms with Crippen molar-refractivity contribution < 1.29 is 19.2 Å². The summed E-state index contributed by atoms with van der Waals surface area (Å²) in [6, 6.07) is 4.42. The smallest absolute Gasteiger partial charge is 0.264 e. The number of nitrogens with two attached hydrogens (primary N) is 1. The molecule has 3 aliphatic rings. The number of hydrogen-bond donors (Lipinski definition) is 2. The molecule has 142 valence electrons. The van der Waals surface area contributed by atoms with E-state index in [4.69, 9.17) is 5.73 Å². The molecule has 0 saturated carbocycles. The van der Waals surface area contributed by atoms with Gasteiger partial charge in [-0.15, -0.1) is 0 Å². The highest BCUT2D eigenvalue weighted by Crippen LogP contribution is 2.34. The fourth-order valence-corrected chi connectivity index (χ4v) is 4.12. The van der Waals surface area contributed by atoms with E-state index < -0.39 is 23.8 Å². The maximum absolute atomic E-state index is 13.1. The molecule has 27 heavy (non-hydrogen) atoms. The van der Waals surface area contributed by atoms with Gasteiger partial charge < -0.3 is 10.6 Å². The predicted molar refractivity (Wildman–Crippen MR) is 97.2 cm³/mol. The molecule has 3 N–H and O–H groups in total. The summed E-state index contributed by atoms with van der Waals surface area (Å²) in [7, 11) is 0. The minimum absolute atomic E-state index is 0.112. The van der Waals surface area contributed by atoms with Gasteiger partial charge in [0.1, 0.15) is 6.04 Å². The molecule has 0 aromatic heterocycles. The molecule has 0 aliphatic carbocycles. The Morgan fingerprint density at radius 1 is 1.00 bits per heavy atom. The number of nitrogens with one attached hydrogen (secondary N) is 1. The average molecular weight is 370 g/mol. The zero-order valence-electron chi connectivity index (χ0n) is 14.9. The second-order valence-corrected chi connectivity index (χ2v) is 7.32. The van der Waals surface area contributed by atoms with E-state index >= 15 is 0 Å². The average Bonchev–Trinajstić information content (AvgIpc) is 2.78. The van der Waals surface area contributed by atoms with Gasteiger partial charge in [0.15, 0.2) is 0 Å². The van der Waals surface area contributed by atoms with Crippen LogP contribution in [0.4, 0.5) is 5.69 Å². The van der Waals surface area contributed by atoms with E-state index in [1.165, 1.54) is 0 Å². The monoisotopic (exact) mass is 370 g/mol. The number of imide groups is 2. The summed E-state index contributed by atoms with van der Waals surface area (Å²) in [5.41, 5.74) is 7.44. The minimum atomic E-state index is -0.944. The van der Waals surface area contributed by atoms with Crippen molar-refractivity contribution in [3.05, 3.63) is 29.3 Å². The molecule has 1 aromatic rings. The van der Waals surface area contributed by atoms with Gasteiger partial charge in [0.05, 0.1) is 16.8 Å². The molecule has 0 bridgehead atoms. The van der Waals surface area contributed by atoms with Crippen LogP contribution in [0.3, 0.4) is 0 Å². The summed E-state index contributed by atoms with van der Waals surface area (Å²) in [6.07, 6.45) is 2.94. The van der Waals surface area contributed by atoms with Crippen molar-refractivity contribution in [2.24, 2.45) is 5.73 Å². The largest absolute Gasteiger partial charge is 0.371 e. The lowest BCUT2D eigenvalue weighted by Crippen LogP contribution is -2.54. The third-order valence-electron chi connectivity index (χ3n) is 5.56. The van der Waals surface area contributed by atoms with E-state index in [1.54, 1.807) is 12.1 Å². The standard InChI is InChI=1S/C19H22N4O4/c20-11-3-2-9-22(10-8-11)13-5-1-4-12-16(13)19(27)23(18(12)26)14-6-7-15(24)21-17(14)25/h1,4-5,11,14H,2-3,6-10,20H2,(H,21,24,25). The summed E-state index contributed by atoms with van der Waals surface area (Å²) in [6.45, 7) is 1.49. The first-order chi connectivity index (χ1) is 13.0. The van der Waals surface area contributed by atoms with Gasteiger partial charge in [-0.25, -0.2) is 0 Å². The maximum Gasteiger partial charge on any atom is 0.264 e. The molecule has 8 heteroatoms. The van der Waals surface area contributed by atoms with Gasteiger partial charge in [0.25, 0.3) is 11.8 Å². The molecule has 1 aromatic carbocycles. The molecule has 3 heterocycles. The van der Waals surface area contributed by atoms with Gasteiger partial charge >= 0.3 is 0 Å². The van der Waals surface area contributed by atoms with Crippen molar-refractivity contribution in [3.8, 4) is 0 Å². The highest BCUT2D eigenvalue weighted by atomic mass is 16.2. The Morgan fingerprint density at radius 2 is 1.81 bits per heavy atom. The summed E-state index contributed by atoms with van der Waals surface area (Å²) in [4.78, 5) is 52.7. The molecular formula is C19H22N4O4. The van der Waals surface area contributed by atoms with Crippen molar-refractivity contribution in [1.29, 1.82) is 0 Å². The lowest BCUT2D eigenvalue weighted by Gasteiger charge is -2.28. The van der Waals surface area contributed by atoms with Crippen molar-refractivity contribution in [2.75, 3.05) is 18.0 Å². The van der Waals surface area contributed by atoms with Gasteiger partial charge in [-0.2, -0.15) is 0 Å². The third kappa shape index (κ3) is 2.99. The molecule has 0 spiro atoms. The molecule has 2 fully saturated rings. The van der Waals surface area contributed by atoms with Gasteiger partial charge in [-0.1, -0.05) is 6.07 Å².